The van der Waals surface area contributed by atoms with E-state index >= 15 is 0 Å². The molecule has 0 fully saturated rings. The summed E-state index contributed by atoms with van der Waals surface area (Å²) >= 11 is 0. The summed E-state index contributed by atoms with van der Waals surface area (Å²) in [6, 6.07) is 0. The first-order valence-electron chi connectivity index (χ1n) is 3.57. The van der Waals surface area contributed by atoms with Crippen molar-refractivity contribution in [3.8, 4) is 0 Å². The second kappa shape index (κ2) is 3.03. The Bertz CT molecular complexity index is 212. The van der Waals surface area contributed by atoms with Crippen LogP contribution in [0.4, 0.5) is 0 Å². The van der Waals surface area contributed by atoms with Crippen LogP contribution < -0.4 is 0 Å². The molecule has 0 bridgehead atoms. The fourth-order valence-corrected chi connectivity index (χ4v) is 1.12. The van der Waals surface area contributed by atoms with E-state index in [9.17, 15) is 0 Å². The van der Waals surface area contributed by atoms with Crippen LogP contribution in [0.2, 0.25) is 0 Å². The zero-order valence-electron chi connectivity index (χ0n) is 6.33. The fourth-order valence-electron chi connectivity index (χ4n) is 1.12. The zero-order valence-corrected chi connectivity index (χ0v) is 6.33. The molecule has 1 rings (SSSR count). The summed E-state index contributed by atoms with van der Waals surface area (Å²) in [5, 5.41) is 18.3. The van der Waals surface area contributed by atoms with Gasteiger partial charge in [0.1, 0.15) is 0 Å². The van der Waals surface area contributed by atoms with Gasteiger partial charge in [-0.3, -0.25) is 0 Å². The lowest BCUT2D eigenvalue weighted by atomic mass is 9.97. The van der Waals surface area contributed by atoms with Gasteiger partial charge in [-0.2, -0.15) is 0 Å². The molecule has 0 atom stereocenters. The maximum Gasteiger partial charge on any atom is 0.186 e. The Morgan fingerprint density at radius 1 is 1.64 bits per heavy atom. The smallest absolute Gasteiger partial charge is 0.186 e. The van der Waals surface area contributed by atoms with Gasteiger partial charge in [-0.1, -0.05) is 23.8 Å². The minimum absolute atomic E-state index is 0.287. The van der Waals surface area contributed by atoms with Crippen molar-refractivity contribution in [2.24, 2.45) is 0 Å². The van der Waals surface area contributed by atoms with E-state index in [1.807, 2.05) is 6.08 Å². The Hall–Kier alpha value is -0.860. The molecule has 0 unspecified atom stereocenters. The van der Waals surface area contributed by atoms with Gasteiger partial charge in [0.25, 0.3) is 0 Å². The van der Waals surface area contributed by atoms with E-state index in [0.717, 1.165) is 5.57 Å². The number of hydrogen-bond acceptors (Lipinski definition) is 2. The van der Waals surface area contributed by atoms with E-state index in [1.165, 1.54) is 6.08 Å². The van der Waals surface area contributed by atoms with Crippen LogP contribution in [0.1, 0.15) is 12.8 Å². The Balaban J connectivity index is 2.64. The summed E-state index contributed by atoms with van der Waals surface area (Å²) in [5.74, 6) is -1.65. The number of allylic oxidation sites excluding steroid dienone is 3. The standard InChI is InChI=1S/C9H12O2/c1-2-4-8-5-3-6-9(10,11)7-8/h2-3,5-6,10-11H,1,4,7H2. The third kappa shape index (κ3) is 2.33. The molecule has 0 radical (unpaired) electrons. The molecule has 0 aromatic heterocycles. The molecule has 1 aliphatic carbocycles. The highest BCUT2D eigenvalue weighted by atomic mass is 16.5. The first-order valence-corrected chi connectivity index (χ1v) is 3.57. The maximum atomic E-state index is 9.17. The molecule has 60 valence electrons. The second-order valence-electron chi connectivity index (χ2n) is 2.73. The third-order valence-corrected chi connectivity index (χ3v) is 1.59. The molecule has 0 saturated heterocycles. The molecule has 0 aliphatic heterocycles. The molecule has 0 aromatic rings. The normalized spacial score (nSPS) is 21.1. The molecular weight excluding hydrogens is 140 g/mol. The summed E-state index contributed by atoms with van der Waals surface area (Å²) < 4.78 is 0. The predicted molar refractivity (Wildman–Crippen MR) is 43.8 cm³/mol. The van der Waals surface area contributed by atoms with Gasteiger partial charge in [0, 0.05) is 6.42 Å². The van der Waals surface area contributed by atoms with Gasteiger partial charge in [-0.15, -0.1) is 6.58 Å². The molecule has 11 heavy (non-hydrogen) atoms. The number of hydrogen-bond donors (Lipinski definition) is 2. The van der Waals surface area contributed by atoms with Crippen molar-refractivity contribution < 1.29 is 10.2 Å². The molecule has 2 N–H and O–H groups in total. The third-order valence-electron chi connectivity index (χ3n) is 1.59. The Kier molecular flexibility index (Phi) is 2.27. The quantitative estimate of drug-likeness (QED) is 0.460. The van der Waals surface area contributed by atoms with Gasteiger partial charge in [-0.05, 0) is 12.5 Å². The van der Waals surface area contributed by atoms with Crippen molar-refractivity contribution in [2.45, 2.75) is 18.6 Å². The van der Waals surface area contributed by atoms with E-state index in [-0.39, 0.29) is 6.42 Å². The Morgan fingerprint density at radius 3 is 2.91 bits per heavy atom. The summed E-state index contributed by atoms with van der Waals surface area (Å²) in [5.41, 5.74) is 0.993. The largest absolute Gasteiger partial charge is 0.362 e. The molecular formula is C9H12O2. The lowest BCUT2D eigenvalue weighted by Crippen LogP contribution is -2.26. The maximum absolute atomic E-state index is 9.17. The van der Waals surface area contributed by atoms with Crippen molar-refractivity contribution in [2.75, 3.05) is 0 Å². The minimum Gasteiger partial charge on any atom is -0.362 e. The van der Waals surface area contributed by atoms with Gasteiger partial charge in [0.2, 0.25) is 0 Å². The summed E-state index contributed by atoms with van der Waals surface area (Å²) in [7, 11) is 0. The van der Waals surface area contributed by atoms with E-state index in [0.29, 0.717) is 6.42 Å². The molecule has 0 aromatic carbocycles. The van der Waals surface area contributed by atoms with Gasteiger partial charge in [-0.25, -0.2) is 0 Å². The van der Waals surface area contributed by atoms with Crippen LogP contribution >= 0.6 is 0 Å². The van der Waals surface area contributed by atoms with Crippen LogP contribution in [-0.4, -0.2) is 16.0 Å². The van der Waals surface area contributed by atoms with E-state index in [4.69, 9.17) is 10.2 Å². The molecule has 0 heterocycles. The average Bonchev–Trinajstić information content (AvgIpc) is 1.85. The molecule has 2 heteroatoms. The van der Waals surface area contributed by atoms with E-state index in [1.54, 1.807) is 12.2 Å². The lowest BCUT2D eigenvalue weighted by molar-refractivity contribution is -0.117. The van der Waals surface area contributed by atoms with Crippen LogP contribution in [0.5, 0.6) is 0 Å². The molecule has 0 amide bonds. The Labute approximate surface area is 66.2 Å². The van der Waals surface area contributed by atoms with Crippen molar-refractivity contribution in [3.05, 3.63) is 36.5 Å². The van der Waals surface area contributed by atoms with Gasteiger partial charge in [0.15, 0.2) is 5.79 Å². The highest BCUT2D eigenvalue weighted by molar-refractivity contribution is 5.23. The fraction of sp³-hybridized carbons (Fsp3) is 0.333. The highest BCUT2D eigenvalue weighted by Gasteiger charge is 2.22. The molecule has 0 saturated carbocycles. The van der Waals surface area contributed by atoms with Crippen LogP contribution in [0.15, 0.2) is 36.5 Å². The Morgan fingerprint density at radius 2 is 2.36 bits per heavy atom. The van der Waals surface area contributed by atoms with Gasteiger partial charge >= 0.3 is 0 Å². The zero-order chi connectivity index (χ0) is 8.32. The van der Waals surface area contributed by atoms with Crippen LogP contribution in [-0.2, 0) is 0 Å². The van der Waals surface area contributed by atoms with Crippen molar-refractivity contribution in [1.29, 1.82) is 0 Å². The molecule has 0 spiro atoms. The van der Waals surface area contributed by atoms with E-state index in [2.05, 4.69) is 6.58 Å². The van der Waals surface area contributed by atoms with Crippen molar-refractivity contribution >= 4 is 0 Å². The highest BCUT2D eigenvalue weighted by Crippen LogP contribution is 2.22. The monoisotopic (exact) mass is 152 g/mol. The lowest BCUT2D eigenvalue weighted by Gasteiger charge is -2.21. The van der Waals surface area contributed by atoms with Crippen LogP contribution in [0.25, 0.3) is 0 Å². The summed E-state index contributed by atoms with van der Waals surface area (Å²) in [6.07, 6.45) is 7.66. The van der Waals surface area contributed by atoms with Crippen molar-refractivity contribution in [1.82, 2.24) is 0 Å². The molecule has 1 aliphatic rings. The SMILES string of the molecule is C=CCC1=CC=CC(O)(O)C1. The summed E-state index contributed by atoms with van der Waals surface area (Å²) in [4.78, 5) is 0. The first kappa shape index (κ1) is 8.24. The van der Waals surface area contributed by atoms with Crippen LogP contribution in [0.3, 0.4) is 0 Å². The first-order chi connectivity index (χ1) is 5.14. The van der Waals surface area contributed by atoms with Crippen LogP contribution in [0, 0.1) is 0 Å². The van der Waals surface area contributed by atoms with Crippen molar-refractivity contribution in [3.63, 3.8) is 0 Å². The predicted octanol–water partition coefficient (Wildman–Crippen LogP) is 1.13. The topological polar surface area (TPSA) is 40.5 Å². The number of aliphatic hydroxyl groups is 2. The van der Waals surface area contributed by atoms with Gasteiger partial charge in [0.05, 0.1) is 0 Å². The van der Waals surface area contributed by atoms with E-state index < -0.39 is 5.79 Å². The second-order valence-corrected chi connectivity index (χ2v) is 2.73. The summed E-state index contributed by atoms with van der Waals surface area (Å²) in [6.45, 7) is 3.57. The average molecular weight is 152 g/mol. The number of rotatable bonds is 2. The minimum atomic E-state index is -1.65. The van der Waals surface area contributed by atoms with Gasteiger partial charge < -0.3 is 10.2 Å². The molecule has 2 nitrogen and oxygen atoms in total.